The van der Waals surface area contributed by atoms with Crippen LogP contribution >= 0.6 is 0 Å². The van der Waals surface area contributed by atoms with Crippen molar-refractivity contribution in [3.63, 3.8) is 0 Å². The molecular weight excluding hydrogens is 738 g/mol. The smallest absolute Gasteiger partial charge is 0.491 e. The summed E-state index contributed by atoms with van der Waals surface area (Å²) in [7, 11) is 3.09. The predicted molar refractivity (Wildman–Crippen MR) is 184 cm³/mol. The highest BCUT2D eigenvalue weighted by Gasteiger charge is 2.58. The summed E-state index contributed by atoms with van der Waals surface area (Å²) in [5, 5.41) is 3.01. The largest absolute Gasteiger partial charge is 0.495 e. The molecule has 17 heteroatoms. The monoisotopic (exact) mass is 772 g/mol. The van der Waals surface area contributed by atoms with Crippen molar-refractivity contribution in [1.29, 1.82) is 0 Å². The molecular formula is C38H34F6N4O7. The number of halogens is 6. The van der Waals surface area contributed by atoms with Crippen LogP contribution in [0.1, 0.15) is 57.7 Å². The number of hydrogen-bond acceptors (Lipinski definition) is 9. The van der Waals surface area contributed by atoms with E-state index >= 15 is 0 Å². The molecule has 1 atom stereocenters. The Bertz CT molecular complexity index is 2080. The summed E-state index contributed by atoms with van der Waals surface area (Å²) >= 11 is 0. The summed E-state index contributed by atoms with van der Waals surface area (Å²) in [4.78, 5) is 57.2. The maximum Gasteiger partial charge on any atom is 0.491 e. The Balaban J connectivity index is 1.55. The first-order valence-corrected chi connectivity index (χ1v) is 16.6. The van der Waals surface area contributed by atoms with Crippen LogP contribution in [0.15, 0.2) is 84.8 Å². The summed E-state index contributed by atoms with van der Waals surface area (Å²) in [6.45, 7) is 3.24. The summed E-state index contributed by atoms with van der Waals surface area (Å²) in [6.07, 6.45) is -8.52. The lowest BCUT2D eigenvalue weighted by Crippen LogP contribution is -2.56. The first kappa shape index (κ1) is 40.2. The van der Waals surface area contributed by atoms with Crippen molar-refractivity contribution in [3.05, 3.63) is 118 Å². The van der Waals surface area contributed by atoms with Gasteiger partial charge in [-0.05, 0) is 55.8 Å². The van der Waals surface area contributed by atoms with Gasteiger partial charge in [-0.1, -0.05) is 54.6 Å². The second kappa shape index (κ2) is 15.8. The lowest BCUT2D eigenvalue weighted by atomic mass is 9.91. The molecule has 11 nitrogen and oxygen atoms in total. The number of nitrogens with one attached hydrogen (secondary N) is 1. The molecule has 0 unspecified atom stereocenters. The Hall–Kier alpha value is -5.97. The molecule has 0 bridgehead atoms. The number of imidazole rings is 1. The van der Waals surface area contributed by atoms with Crippen LogP contribution < -0.4 is 10.1 Å². The number of esters is 2. The Morgan fingerprint density at radius 2 is 1.51 bits per heavy atom. The van der Waals surface area contributed by atoms with E-state index in [1.807, 2.05) is 0 Å². The number of piperidine rings is 1. The third-order valence-electron chi connectivity index (χ3n) is 8.79. The quantitative estimate of drug-likeness (QED) is 0.0604. The van der Waals surface area contributed by atoms with Crippen LogP contribution in [0.4, 0.5) is 26.3 Å². The van der Waals surface area contributed by atoms with Gasteiger partial charge in [0.05, 0.1) is 30.9 Å². The molecule has 290 valence electrons. The molecule has 3 aromatic carbocycles. The molecule has 1 aromatic heterocycles. The number of nitrogens with zero attached hydrogens (tertiary/aromatic N) is 3. The standard InChI is InChI=1S/C38H34F6N4O7/c1-22-20-47(21-46-22)30-14-7-25(18-31(30)53-4)17-29-33(50)48(16-15-36(29,54-34(51)37(39,40)41)55-35(52)38(42,43)44)23(2)26-10-12-28(13-11-26)32(49)27-8-5-24(6-9-27)19-45-3/h5-14,17-18,20-21,23,45H,15-16,19H2,1-4H3/b29-17-/t23-/m0/s1. The maximum absolute atomic E-state index is 14.3. The third-order valence-corrected chi connectivity index (χ3v) is 8.79. The van der Waals surface area contributed by atoms with Crippen molar-refractivity contribution >= 4 is 29.7 Å². The van der Waals surface area contributed by atoms with Crippen molar-refractivity contribution in [2.75, 3.05) is 20.7 Å². The van der Waals surface area contributed by atoms with Crippen LogP contribution in [0.5, 0.6) is 5.75 Å². The lowest BCUT2D eigenvalue weighted by Gasteiger charge is -2.43. The molecule has 1 amide bonds. The van der Waals surface area contributed by atoms with Gasteiger partial charge in [0.1, 0.15) is 11.3 Å². The fraction of sp³-hybridized carbons (Fsp3) is 0.289. The summed E-state index contributed by atoms with van der Waals surface area (Å²) < 4.78 is 97.6. The second-order valence-corrected chi connectivity index (χ2v) is 12.5. The van der Waals surface area contributed by atoms with E-state index in [1.165, 1.54) is 50.7 Å². The minimum atomic E-state index is -5.75. The number of likely N-dealkylation sites (tertiary alicyclic amines) is 1. The van der Waals surface area contributed by atoms with Crippen molar-refractivity contribution in [2.24, 2.45) is 0 Å². The normalized spacial score (nSPS) is 15.8. The summed E-state index contributed by atoms with van der Waals surface area (Å²) in [5.41, 5.74) is 2.19. The number of amides is 1. The molecule has 0 saturated carbocycles. The van der Waals surface area contributed by atoms with E-state index in [0.29, 0.717) is 34.6 Å². The Morgan fingerprint density at radius 3 is 2.02 bits per heavy atom. The van der Waals surface area contributed by atoms with Gasteiger partial charge in [0, 0.05) is 36.8 Å². The molecule has 0 spiro atoms. The van der Waals surface area contributed by atoms with E-state index < -0.39 is 60.6 Å². The highest BCUT2D eigenvalue weighted by atomic mass is 19.4. The van der Waals surface area contributed by atoms with Crippen LogP contribution in [0.3, 0.4) is 0 Å². The van der Waals surface area contributed by atoms with Crippen molar-refractivity contribution < 1.29 is 59.7 Å². The highest BCUT2D eigenvalue weighted by Crippen LogP contribution is 2.41. The van der Waals surface area contributed by atoms with E-state index in [0.717, 1.165) is 16.5 Å². The zero-order valence-electron chi connectivity index (χ0n) is 29.7. The van der Waals surface area contributed by atoms with Crippen molar-refractivity contribution in [2.45, 2.75) is 51.0 Å². The van der Waals surface area contributed by atoms with Gasteiger partial charge in [-0.25, -0.2) is 14.6 Å². The van der Waals surface area contributed by atoms with E-state index in [4.69, 9.17) is 4.74 Å². The number of carbonyl (C=O) groups is 4. The van der Waals surface area contributed by atoms with Gasteiger partial charge < -0.3 is 29.0 Å². The molecule has 4 aromatic rings. The number of aryl methyl sites for hydroxylation is 1. The minimum Gasteiger partial charge on any atom is -0.495 e. The molecule has 1 fully saturated rings. The predicted octanol–water partition coefficient (Wildman–Crippen LogP) is 6.42. The number of ether oxygens (including phenoxy) is 3. The molecule has 5 rings (SSSR count). The average molecular weight is 773 g/mol. The SMILES string of the molecule is CNCc1ccc(C(=O)c2ccc([C@H](C)N3CCC(OC(=O)C(F)(F)F)(OC(=O)C(F)(F)F)/C(=C\c4ccc(-n5cnc(C)c5)c(OC)c4)C3=O)cc2)cc1. The van der Waals surface area contributed by atoms with Gasteiger partial charge in [-0.15, -0.1) is 0 Å². The van der Waals surface area contributed by atoms with Gasteiger partial charge in [0.2, 0.25) is 0 Å². The zero-order valence-corrected chi connectivity index (χ0v) is 29.7. The number of ketones is 1. The molecule has 1 saturated heterocycles. The maximum atomic E-state index is 14.3. The van der Waals surface area contributed by atoms with Crippen molar-refractivity contribution in [3.8, 4) is 11.4 Å². The molecule has 0 radical (unpaired) electrons. The topological polar surface area (TPSA) is 129 Å². The highest BCUT2D eigenvalue weighted by molar-refractivity contribution is 6.09. The first-order chi connectivity index (χ1) is 25.9. The molecule has 0 aliphatic carbocycles. The van der Waals surface area contributed by atoms with E-state index in [2.05, 4.69) is 19.8 Å². The fourth-order valence-corrected chi connectivity index (χ4v) is 5.97. The Morgan fingerprint density at radius 1 is 0.927 bits per heavy atom. The van der Waals surface area contributed by atoms with Gasteiger partial charge >= 0.3 is 24.3 Å². The number of hydrogen-bond donors (Lipinski definition) is 1. The third kappa shape index (κ3) is 8.88. The molecule has 2 heterocycles. The van der Waals surface area contributed by atoms with Gasteiger partial charge in [-0.3, -0.25) is 9.59 Å². The van der Waals surface area contributed by atoms with Crippen LogP contribution in [0, 0.1) is 6.92 Å². The van der Waals surface area contributed by atoms with E-state index in [9.17, 15) is 45.5 Å². The van der Waals surface area contributed by atoms with Crippen LogP contribution in [0.2, 0.25) is 0 Å². The number of methoxy groups -OCH3 is 1. The second-order valence-electron chi connectivity index (χ2n) is 12.5. The van der Waals surface area contributed by atoms with Crippen LogP contribution in [-0.4, -0.2) is 76.9 Å². The van der Waals surface area contributed by atoms with E-state index in [1.54, 1.807) is 61.1 Å². The van der Waals surface area contributed by atoms with Crippen LogP contribution in [0.25, 0.3) is 11.8 Å². The fourth-order valence-electron chi connectivity index (χ4n) is 5.97. The Labute approximate surface area is 310 Å². The summed E-state index contributed by atoms with van der Waals surface area (Å²) in [5.74, 6) is -10.8. The number of alkyl halides is 6. The lowest BCUT2D eigenvalue weighted by molar-refractivity contribution is -0.266. The molecule has 1 aliphatic heterocycles. The van der Waals surface area contributed by atoms with Gasteiger partial charge in [0.15, 0.2) is 5.78 Å². The zero-order chi connectivity index (χ0) is 40.3. The Kier molecular flexibility index (Phi) is 11.5. The number of aromatic nitrogens is 2. The molecule has 1 aliphatic rings. The summed E-state index contributed by atoms with van der Waals surface area (Å²) in [6, 6.07) is 16.3. The van der Waals surface area contributed by atoms with Gasteiger partial charge in [0.25, 0.3) is 11.7 Å². The number of rotatable bonds is 11. The van der Waals surface area contributed by atoms with Crippen molar-refractivity contribution in [1.82, 2.24) is 19.8 Å². The first-order valence-electron chi connectivity index (χ1n) is 16.6. The average Bonchev–Trinajstić information content (AvgIpc) is 3.58. The number of benzene rings is 3. The number of carbonyl (C=O) groups excluding carboxylic acids is 4. The van der Waals surface area contributed by atoms with Crippen LogP contribution in [-0.2, 0) is 30.4 Å². The molecule has 55 heavy (non-hydrogen) atoms. The van der Waals surface area contributed by atoms with E-state index in [-0.39, 0.29) is 17.1 Å². The minimum absolute atomic E-state index is 0.00682. The van der Waals surface area contributed by atoms with Gasteiger partial charge in [-0.2, -0.15) is 26.3 Å². The molecule has 1 N–H and O–H groups in total.